The minimum Gasteiger partial charge on any atom is -0.329 e. The fourth-order valence-corrected chi connectivity index (χ4v) is 2.18. The lowest BCUT2D eigenvalue weighted by atomic mass is 10.0. The molecule has 0 aliphatic rings. The second-order valence-corrected chi connectivity index (χ2v) is 5.17. The molecule has 0 aliphatic carbocycles. The van der Waals surface area contributed by atoms with Gasteiger partial charge in [0, 0.05) is 18.0 Å². The first-order chi connectivity index (χ1) is 10.9. The number of benzene rings is 1. The normalized spacial score (nSPS) is 11.7. The summed E-state index contributed by atoms with van der Waals surface area (Å²) in [4.78, 5) is 7.50. The van der Waals surface area contributed by atoms with Crippen LogP contribution in [0, 0.1) is 6.92 Å². The van der Waals surface area contributed by atoms with Crippen molar-refractivity contribution in [2.24, 2.45) is 0 Å². The van der Waals surface area contributed by atoms with E-state index in [1.54, 1.807) is 24.5 Å². The number of alkyl halides is 3. The van der Waals surface area contributed by atoms with Gasteiger partial charge in [-0.15, -0.1) is 0 Å². The van der Waals surface area contributed by atoms with Gasteiger partial charge in [0.25, 0.3) is 0 Å². The quantitative estimate of drug-likeness (QED) is 0.731. The van der Waals surface area contributed by atoms with Crippen molar-refractivity contribution in [3.63, 3.8) is 0 Å². The standard InChI is InChI=1S/C16H12F3N3O/c1-10-6-12(9-20-8-10)7-11-2-4-13(5-3-11)14-21-15(23-22-14)16(17,18)19/h2-6,8-9H,7H2,1H3. The summed E-state index contributed by atoms with van der Waals surface area (Å²) in [6.07, 6.45) is -0.380. The average molecular weight is 319 g/mol. The maximum absolute atomic E-state index is 12.5. The molecule has 0 fully saturated rings. The number of hydrogen-bond acceptors (Lipinski definition) is 4. The van der Waals surface area contributed by atoms with Crippen LogP contribution in [0.2, 0.25) is 0 Å². The number of rotatable bonds is 3. The van der Waals surface area contributed by atoms with E-state index in [1.807, 2.05) is 25.1 Å². The van der Waals surface area contributed by atoms with Crippen molar-refractivity contribution in [2.75, 3.05) is 0 Å². The Morgan fingerprint density at radius 3 is 2.39 bits per heavy atom. The zero-order chi connectivity index (χ0) is 16.4. The predicted octanol–water partition coefficient (Wildman–Crippen LogP) is 4.05. The Labute approximate surface area is 130 Å². The fourth-order valence-electron chi connectivity index (χ4n) is 2.18. The topological polar surface area (TPSA) is 51.8 Å². The number of pyridine rings is 1. The molecule has 2 aromatic heterocycles. The van der Waals surface area contributed by atoms with Gasteiger partial charge in [0.15, 0.2) is 0 Å². The highest BCUT2D eigenvalue weighted by molar-refractivity contribution is 5.54. The van der Waals surface area contributed by atoms with E-state index in [-0.39, 0.29) is 5.82 Å². The molecule has 0 saturated carbocycles. The van der Waals surface area contributed by atoms with Crippen LogP contribution in [0.4, 0.5) is 13.2 Å². The Hall–Kier alpha value is -2.70. The van der Waals surface area contributed by atoms with Crippen LogP contribution >= 0.6 is 0 Å². The number of aryl methyl sites for hydroxylation is 1. The summed E-state index contributed by atoms with van der Waals surface area (Å²) in [5, 5.41) is 3.36. The van der Waals surface area contributed by atoms with Gasteiger partial charge in [0.05, 0.1) is 0 Å². The molecule has 2 heterocycles. The molecular formula is C16H12F3N3O. The van der Waals surface area contributed by atoms with Crippen molar-refractivity contribution in [2.45, 2.75) is 19.5 Å². The van der Waals surface area contributed by atoms with Gasteiger partial charge in [-0.05, 0) is 30.0 Å². The minimum atomic E-state index is -4.64. The summed E-state index contributed by atoms with van der Waals surface area (Å²) < 4.78 is 41.6. The number of nitrogens with zero attached hydrogens (tertiary/aromatic N) is 3. The molecule has 23 heavy (non-hydrogen) atoms. The lowest BCUT2D eigenvalue weighted by Crippen LogP contribution is -2.04. The minimum absolute atomic E-state index is 0.0823. The maximum atomic E-state index is 12.5. The number of aromatic nitrogens is 3. The molecule has 0 atom stereocenters. The van der Waals surface area contributed by atoms with Crippen LogP contribution in [-0.4, -0.2) is 15.1 Å². The Morgan fingerprint density at radius 2 is 1.78 bits per heavy atom. The van der Waals surface area contributed by atoms with Crippen molar-refractivity contribution in [1.29, 1.82) is 0 Å². The van der Waals surface area contributed by atoms with Gasteiger partial charge in [-0.2, -0.15) is 18.2 Å². The summed E-state index contributed by atoms with van der Waals surface area (Å²) in [5.74, 6) is -1.43. The second-order valence-electron chi connectivity index (χ2n) is 5.17. The van der Waals surface area contributed by atoms with Crippen LogP contribution < -0.4 is 0 Å². The van der Waals surface area contributed by atoms with Crippen LogP contribution in [0.3, 0.4) is 0 Å². The molecule has 3 aromatic rings. The Morgan fingerprint density at radius 1 is 1.04 bits per heavy atom. The van der Waals surface area contributed by atoms with Gasteiger partial charge in [-0.1, -0.05) is 35.5 Å². The van der Waals surface area contributed by atoms with E-state index >= 15 is 0 Å². The van der Waals surface area contributed by atoms with E-state index < -0.39 is 12.1 Å². The molecule has 0 radical (unpaired) electrons. The smallest absolute Gasteiger partial charge is 0.329 e. The first-order valence-corrected chi connectivity index (χ1v) is 6.82. The summed E-state index contributed by atoms with van der Waals surface area (Å²) >= 11 is 0. The lowest BCUT2D eigenvalue weighted by molar-refractivity contribution is -0.159. The highest BCUT2D eigenvalue weighted by Crippen LogP contribution is 2.29. The molecule has 1 aromatic carbocycles. The third kappa shape index (κ3) is 3.56. The largest absolute Gasteiger partial charge is 0.471 e. The zero-order valence-corrected chi connectivity index (χ0v) is 12.1. The van der Waals surface area contributed by atoms with E-state index in [0.717, 1.165) is 16.7 Å². The summed E-state index contributed by atoms with van der Waals surface area (Å²) in [6.45, 7) is 1.97. The Bertz CT molecular complexity index is 810. The third-order valence-electron chi connectivity index (χ3n) is 3.22. The summed E-state index contributed by atoms with van der Waals surface area (Å²) in [5.41, 5.74) is 3.62. The van der Waals surface area contributed by atoms with Gasteiger partial charge in [-0.25, -0.2) is 0 Å². The number of halogens is 3. The van der Waals surface area contributed by atoms with Crippen LogP contribution in [0.15, 0.2) is 47.2 Å². The van der Waals surface area contributed by atoms with E-state index in [1.165, 1.54) is 0 Å². The Balaban J connectivity index is 1.78. The fraction of sp³-hybridized carbons (Fsp3) is 0.188. The van der Waals surface area contributed by atoms with E-state index in [0.29, 0.717) is 12.0 Å². The first-order valence-electron chi connectivity index (χ1n) is 6.82. The lowest BCUT2D eigenvalue weighted by Gasteiger charge is -2.03. The van der Waals surface area contributed by atoms with Crippen molar-refractivity contribution in [1.82, 2.24) is 15.1 Å². The predicted molar refractivity (Wildman–Crippen MR) is 76.5 cm³/mol. The van der Waals surface area contributed by atoms with Crippen molar-refractivity contribution in [3.05, 3.63) is 65.3 Å². The molecule has 4 nitrogen and oxygen atoms in total. The van der Waals surface area contributed by atoms with Gasteiger partial charge in [0.2, 0.25) is 5.82 Å². The molecule has 3 rings (SSSR count). The first kappa shape index (κ1) is 15.2. The zero-order valence-electron chi connectivity index (χ0n) is 12.1. The van der Waals surface area contributed by atoms with E-state index in [4.69, 9.17) is 0 Å². The van der Waals surface area contributed by atoms with E-state index in [9.17, 15) is 13.2 Å². The van der Waals surface area contributed by atoms with Gasteiger partial charge in [-0.3, -0.25) is 4.98 Å². The monoisotopic (exact) mass is 319 g/mol. The molecule has 0 unspecified atom stereocenters. The molecule has 7 heteroatoms. The number of hydrogen-bond donors (Lipinski definition) is 0. The van der Waals surface area contributed by atoms with Crippen molar-refractivity contribution < 1.29 is 17.7 Å². The van der Waals surface area contributed by atoms with Crippen LogP contribution in [-0.2, 0) is 12.6 Å². The highest BCUT2D eigenvalue weighted by atomic mass is 19.4. The second kappa shape index (κ2) is 5.83. The molecule has 0 amide bonds. The van der Waals surface area contributed by atoms with Gasteiger partial charge >= 0.3 is 12.1 Å². The molecule has 0 N–H and O–H groups in total. The maximum Gasteiger partial charge on any atom is 0.471 e. The highest BCUT2D eigenvalue weighted by Gasteiger charge is 2.38. The third-order valence-corrected chi connectivity index (χ3v) is 3.22. The van der Waals surface area contributed by atoms with Crippen LogP contribution in [0.5, 0.6) is 0 Å². The van der Waals surface area contributed by atoms with Crippen LogP contribution in [0.25, 0.3) is 11.4 Å². The SMILES string of the molecule is Cc1cncc(Cc2ccc(-c3noc(C(F)(F)F)n3)cc2)c1. The molecule has 0 spiro atoms. The van der Waals surface area contributed by atoms with E-state index in [2.05, 4.69) is 19.6 Å². The van der Waals surface area contributed by atoms with Crippen molar-refractivity contribution >= 4 is 0 Å². The van der Waals surface area contributed by atoms with Gasteiger partial charge < -0.3 is 4.52 Å². The molecular weight excluding hydrogens is 307 g/mol. The Kier molecular flexibility index (Phi) is 3.85. The van der Waals surface area contributed by atoms with Gasteiger partial charge in [0.1, 0.15) is 0 Å². The molecule has 0 aliphatic heterocycles. The average Bonchev–Trinajstić information content (AvgIpc) is 2.98. The molecule has 0 bridgehead atoms. The molecule has 118 valence electrons. The summed E-state index contributed by atoms with van der Waals surface area (Å²) in [7, 11) is 0. The van der Waals surface area contributed by atoms with Crippen LogP contribution in [0.1, 0.15) is 22.6 Å². The van der Waals surface area contributed by atoms with Crippen molar-refractivity contribution in [3.8, 4) is 11.4 Å². The molecule has 0 saturated heterocycles. The summed E-state index contributed by atoms with van der Waals surface area (Å²) in [6, 6.07) is 9.02.